The summed E-state index contributed by atoms with van der Waals surface area (Å²) in [5.74, 6) is 0. The van der Waals surface area contributed by atoms with Crippen LogP contribution in [0.5, 0.6) is 0 Å². The van der Waals surface area contributed by atoms with Crippen molar-refractivity contribution >= 4 is 15.9 Å². The molecule has 0 aliphatic carbocycles. The van der Waals surface area contributed by atoms with Gasteiger partial charge in [0.05, 0.1) is 19.8 Å². The van der Waals surface area contributed by atoms with Crippen molar-refractivity contribution in [2.45, 2.75) is 19.8 Å². The van der Waals surface area contributed by atoms with E-state index in [1.54, 1.807) is 0 Å². The van der Waals surface area contributed by atoms with Gasteiger partial charge in [0, 0.05) is 4.47 Å². The third kappa shape index (κ3) is 3.42. The van der Waals surface area contributed by atoms with Crippen LogP contribution in [0.2, 0.25) is 0 Å². The number of benzene rings is 2. The normalized spacial score (nSPS) is 10.6. The van der Waals surface area contributed by atoms with Crippen LogP contribution >= 0.6 is 15.9 Å². The summed E-state index contributed by atoms with van der Waals surface area (Å²) in [6.45, 7) is 1.16. The monoisotopic (exact) mass is 306 g/mol. The van der Waals surface area contributed by atoms with Gasteiger partial charge in [0.15, 0.2) is 0 Å². The Bertz CT molecular complexity index is 497. The molecule has 18 heavy (non-hydrogen) atoms. The fraction of sp³-hybridized carbons (Fsp3) is 0.200. The molecular formula is C15H15BrO2. The van der Waals surface area contributed by atoms with E-state index in [-0.39, 0.29) is 6.61 Å². The van der Waals surface area contributed by atoms with Crippen LogP contribution < -0.4 is 0 Å². The van der Waals surface area contributed by atoms with Crippen molar-refractivity contribution in [3.8, 4) is 0 Å². The smallest absolute Gasteiger partial charge is 0.0732 e. The van der Waals surface area contributed by atoms with Crippen molar-refractivity contribution in [2.24, 2.45) is 0 Å². The first-order chi connectivity index (χ1) is 8.81. The van der Waals surface area contributed by atoms with Crippen LogP contribution in [0.1, 0.15) is 16.7 Å². The Balaban J connectivity index is 1.95. The zero-order valence-electron chi connectivity index (χ0n) is 9.97. The van der Waals surface area contributed by atoms with Crippen molar-refractivity contribution in [1.29, 1.82) is 0 Å². The van der Waals surface area contributed by atoms with Crippen LogP contribution in [0.4, 0.5) is 0 Å². The summed E-state index contributed by atoms with van der Waals surface area (Å²) in [5, 5.41) is 9.18. The second-order valence-corrected chi connectivity index (χ2v) is 4.82. The van der Waals surface area contributed by atoms with Crippen molar-refractivity contribution in [2.75, 3.05) is 0 Å². The summed E-state index contributed by atoms with van der Waals surface area (Å²) in [6.07, 6.45) is 0. The Morgan fingerprint density at radius 3 is 2.33 bits per heavy atom. The zero-order chi connectivity index (χ0) is 12.8. The highest BCUT2D eigenvalue weighted by atomic mass is 79.9. The van der Waals surface area contributed by atoms with Gasteiger partial charge in [0.25, 0.3) is 0 Å². The molecule has 0 fully saturated rings. The Morgan fingerprint density at radius 2 is 1.61 bits per heavy atom. The molecule has 0 saturated carbocycles. The van der Waals surface area contributed by atoms with Crippen LogP contribution in [0.3, 0.4) is 0 Å². The molecule has 2 aromatic rings. The highest BCUT2D eigenvalue weighted by Gasteiger charge is 2.04. The Hall–Kier alpha value is -1.16. The summed E-state index contributed by atoms with van der Waals surface area (Å²) in [5.41, 5.74) is 3.10. The summed E-state index contributed by atoms with van der Waals surface area (Å²) in [7, 11) is 0. The number of hydrogen-bond acceptors (Lipinski definition) is 2. The number of aliphatic hydroxyl groups excluding tert-OH is 1. The Labute approximate surface area is 115 Å². The van der Waals surface area contributed by atoms with Gasteiger partial charge in [-0.2, -0.15) is 0 Å². The van der Waals surface area contributed by atoms with Crippen LogP contribution in [-0.2, 0) is 24.6 Å². The fourth-order valence-corrected chi connectivity index (χ4v) is 2.22. The molecule has 0 heterocycles. The van der Waals surface area contributed by atoms with Gasteiger partial charge in [0.2, 0.25) is 0 Å². The largest absolute Gasteiger partial charge is 0.392 e. The summed E-state index contributed by atoms with van der Waals surface area (Å²) in [4.78, 5) is 0. The highest BCUT2D eigenvalue weighted by molar-refractivity contribution is 9.10. The van der Waals surface area contributed by atoms with Gasteiger partial charge in [-0.3, -0.25) is 0 Å². The SMILES string of the molecule is OCc1cccc(COCc2ccccc2)c1Br. The van der Waals surface area contributed by atoms with Gasteiger partial charge in [-0.15, -0.1) is 0 Å². The first-order valence-corrected chi connectivity index (χ1v) is 6.59. The average molecular weight is 307 g/mol. The molecule has 0 unspecified atom stereocenters. The van der Waals surface area contributed by atoms with E-state index in [0.29, 0.717) is 13.2 Å². The molecule has 2 nitrogen and oxygen atoms in total. The molecule has 0 atom stereocenters. The standard InChI is InChI=1S/C15H15BrO2/c16-15-13(9-17)7-4-8-14(15)11-18-10-12-5-2-1-3-6-12/h1-8,17H,9-11H2. The lowest BCUT2D eigenvalue weighted by Crippen LogP contribution is -1.97. The number of hydrogen-bond donors (Lipinski definition) is 1. The van der Waals surface area contributed by atoms with E-state index in [2.05, 4.69) is 15.9 Å². The zero-order valence-corrected chi connectivity index (χ0v) is 11.6. The number of halogens is 1. The van der Waals surface area contributed by atoms with Crippen LogP contribution in [0, 0.1) is 0 Å². The third-order valence-corrected chi connectivity index (χ3v) is 3.72. The quantitative estimate of drug-likeness (QED) is 0.913. The van der Waals surface area contributed by atoms with Gasteiger partial charge in [0.1, 0.15) is 0 Å². The summed E-state index contributed by atoms with van der Waals surface area (Å²) in [6, 6.07) is 15.9. The lowest BCUT2D eigenvalue weighted by Gasteiger charge is -2.09. The van der Waals surface area contributed by atoms with Gasteiger partial charge >= 0.3 is 0 Å². The minimum Gasteiger partial charge on any atom is -0.392 e. The molecule has 0 aromatic heterocycles. The number of ether oxygens (including phenoxy) is 1. The molecule has 94 valence electrons. The first-order valence-electron chi connectivity index (χ1n) is 5.80. The lowest BCUT2D eigenvalue weighted by atomic mass is 10.1. The van der Waals surface area contributed by atoms with Crippen LogP contribution in [0.25, 0.3) is 0 Å². The van der Waals surface area contributed by atoms with E-state index in [9.17, 15) is 5.11 Å². The third-order valence-electron chi connectivity index (χ3n) is 2.70. The van der Waals surface area contributed by atoms with E-state index in [1.807, 2.05) is 48.5 Å². The second-order valence-electron chi connectivity index (χ2n) is 4.03. The molecule has 0 aliphatic rings. The predicted octanol–water partition coefficient (Wildman–Crippen LogP) is 3.66. The molecule has 3 heteroatoms. The maximum absolute atomic E-state index is 9.18. The summed E-state index contributed by atoms with van der Waals surface area (Å²) < 4.78 is 6.61. The van der Waals surface area contributed by atoms with Crippen molar-refractivity contribution in [3.05, 3.63) is 69.7 Å². The molecule has 2 rings (SSSR count). The summed E-state index contributed by atoms with van der Waals surface area (Å²) >= 11 is 3.49. The maximum atomic E-state index is 9.18. The fourth-order valence-electron chi connectivity index (χ4n) is 1.72. The predicted molar refractivity (Wildman–Crippen MR) is 75.0 cm³/mol. The molecule has 0 aliphatic heterocycles. The number of rotatable bonds is 5. The minimum absolute atomic E-state index is 0.0348. The second kappa shape index (κ2) is 6.69. The molecule has 0 bridgehead atoms. The lowest BCUT2D eigenvalue weighted by molar-refractivity contribution is 0.106. The number of aliphatic hydroxyl groups is 1. The molecule has 1 N–H and O–H groups in total. The topological polar surface area (TPSA) is 29.5 Å². The van der Waals surface area contributed by atoms with E-state index in [1.165, 1.54) is 0 Å². The Kier molecular flexibility index (Phi) is 4.93. The van der Waals surface area contributed by atoms with E-state index in [0.717, 1.165) is 21.2 Å². The van der Waals surface area contributed by atoms with Gasteiger partial charge < -0.3 is 9.84 Å². The van der Waals surface area contributed by atoms with Crippen LogP contribution in [-0.4, -0.2) is 5.11 Å². The first kappa shape index (κ1) is 13.3. The Morgan fingerprint density at radius 1 is 0.889 bits per heavy atom. The average Bonchev–Trinajstić information content (AvgIpc) is 2.42. The molecular weight excluding hydrogens is 292 g/mol. The molecule has 0 radical (unpaired) electrons. The molecule has 2 aromatic carbocycles. The highest BCUT2D eigenvalue weighted by Crippen LogP contribution is 2.22. The molecule has 0 amide bonds. The van der Waals surface area contributed by atoms with Crippen molar-refractivity contribution in [3.63, 3.8) is 0 Å². The van der Waals surface area contributed by atoms with Crippen molar-refractivity contribution < 1.29 is 9.84 Å². The van der Waals surface area contributed by atoms with Gasteiger partial charge in [-0.25, -0.2) is 0 Å². The van der Waals surface area contributed by atoms with Gasteiger partial charge in [-0.05, 0) is 16.7 Å². The van der Waals surface area contributed by atoms with Gasteiger partial charge in [-0.1, -0.05) is 64.5 Å². The van der Waals surface area contributed by atoms with Crippen LogP contribution in [0.15, 0.2) is 53.0 Å². The minimum atomic E-state index is 0.0348. The maximum Gasteiger partial charge on any atom is 0.0732 e. The van der Waals surface area contributed by atoms with Crippen molar-refractivity contribution in [1.82, 2.24) is 0 Å². The molecule has 0 saturated heterocycles. The van der Waals surface area contributed by atoms with E-state index < -0.39 is 0 Å². The van der Waals surface area contributed by atoms with E-state index in [4.69, 9.17) is 4.74 Å². The van der Waals surface area contributed by atoms with E-state index >= 15 is 0 Å². The molecule has 0 spiro atoms.